The SMILES string of the molecule is CNC(=O)c1ccc(Sc2cc(Cl)ccc2OCC(=O)O)cc1. The topological polar surface area (TPSA) is 75.6 Å². The highest BCUT2D eigenvalue weighted by molar-refractivity contribution is 7.99. The number of ether oxygens (including phenoxy) is 1. The average molecular weight is 352 g/mol. The van der Waals surface area contributed by atoms with Gasteiger partial charge >= 0.3 is 5.97 Å². The van der Waals surface area contributed by atoms with E-state index in [-0.39, 0.29) is 5.91 Å². The molecule has 0 spiro atoms. The molecule has 1 amide bonds. The van der Waals surface area contributed by atoms with Crippen LogP contribution in [0.1, 0.15) is 10.4 Å². The zero-order chi connectivity index (χ0) is 16.8. The van der Waals surface area contributed by atoms with Gasteiger partial charge in [-0.1, -0.05) is 23.4 Å². The number of hydrogen-bond acceptors (Lipinski definition) is 4. The molecule has 0 saturated carbocycles. The van der Waals surface area contributed by atoms with Gasteiger partial charge in [-0.25, -0.2) is 4.79 Å². The van der Waals surface area contributed by atoms with Crippen LogP contribution in [0.25, 0.3) is 0 Å². The lowest BCUT2D eigenvalue weighted by Gasteiger charge is -2.10. The second-order valence-corrected chi connectivity index (χ2v) is 6.03. The molecule has 0 radical (unpaired) electrons. The van der Waals surface area contributed by atoms with Crippen molar-refractivity contribution in [3.63, 3.8) is 0 Å². The van der Waals surface area contributed by atoms with E-state index in [1.54, 1.807) is 49.5 Å². The summed E-state index contributed by atoms with van der Waals surface area (Å²) in [6.07, 6.45) is 0. The highest BCUT2D eigenvalue weighted by Crippen LogP contribution is 2.36. The van der Waals surface area contributed by atoms with E-state index in [0.717, 1.165) is 4.90 Å². The molecule has 7 heteroatoms. The quantitative estimate of drug-likeness (QED) is 0.835. The molecular formula is C16H14ClNO4S. The van der Waals surface area contributed by atoms with Crippen LogP contribution in [-0.2, 0) is 4.79 Å². The molecule has 120 valence electrons. The minimum Gasteiger partial charge on any atom is -0.481 e. The van der Waals surface area contributed by atoms with Gasteiger partial charge in [-0.05, 0) is 42.5 Å². The number of aliphatic carboxylic acids is 1. The molecule has 0 heterocycles. The van der Waals surface area contributed by atoms with E-state index >= 15 is 0 Å². The van der Waals surface area contributed by atoms with Gasteiger partial charge in [0.15, 0.2) is 6.61 Å². The van der Waals surface area contributed by atoms with Gasteiger partial charge in [0.2, 0.25) is 0 Å². The van der Waals surface area contributed by atoms with Gasteiger partial charge in [0.1, 0.15) is 5.75 Å². The fourth-order valence-corrected chi connectivity index (χ4v) is 2.94. The lowest BCUT2D eigenvalue weighted by molar-refractivity contribution is -0.139. The summed E-state index contributed by atoms with van der Waals surface area (Å²) < 4.78 is 5.26. The Hall–Kier alpha value is -2.18. The van der Waals surface area contributed by atoms with E-state index in [2.05, 4.69) is 5.32 Å². The first-order valence-corrected chi connectivity index (χ1v) is 7.83. The third-order valence-corrected chi connectivity index (χ3v) is 4.11. The standard InChI is InChI=1S/C16H14ClNO4S/c1-18-16(21)10-2-5-12(6-3-10)23-14-8-11(17)4-7-13(14)22-9-15(19)20/h2-8H,9H2,1H3,(H,18,21)(H,19,20). The molecule has 0 atom stereocenters. The fourth-order valence-electron chi connectivity index (χ4n) is 1.77. The Bertz CT molecular complexity index is 719. The van der Waals surface area contributed by atoms with Crippen LogP contribution in [-0.4, -0.2) is 30.6 Å². The number of nitrogens with one attached hydrogen (secondary N) is 1. The van der Waals surface area contributed by atoms with Crippen LogP contribution in [0, 0.1) is 0 Å². The molecule has 0 bridgehead atoms. The molecule has 2 rings (SSSR count). The van der Waals surface area contributed by atoms with Crippen LogP contribution in [0.4, 0.5) is 0 Å². The van der Waals surface area contributed by atoms with E-state index < -0.39 is 12.6 Å². The van der Waals surface area contributed by atoms with Gasteiger partial charge < -0.3 is 15.2 Å². The Kier molecular flexibility index (Phi) is 5.90. The molecule has 5 nitrogen and oxygen atoms in total. The molecule has 2 aromatic rings. The summed E-state index contributed by atoms with van der Waals surface area (Å²) in [4.78, 5) is 23.7. The predicted molar refractivity (Wildman–Crippen MR) is 88.5 cm³/mol. The summed E-state index contributed by atoms with van der Waals surface area (Å²) in [6.45, 7) is -0.426. The van der Waals surface area contributed by atoms with Crippen molar-refractivity contribution in [1.82, 2.24) is 5.32 Å². The van der Waals surface area contributed by atoms with E-state index in [1.807, 2.05) is 0 Å². The Morgan fingerprint density at radius 3 is 2.52 bits per heavy atom. The summed E-state index contributed by atoms with van der Waals surface area (Å²) >= 11 is 7.37. The maximum atomic E-state index is 11.5. The molecule has 0 fully saturated rings. The van der Waals surface area contributed by atoms with Gasteiger partial charge in [-0.3, -0.25) is 4.79 Å². The van der Waals surface area contributed by atoms with Crippen molar-refractivity contribution >= 4 is 35.2 Å². The number of carboxylic acid groups (broad SMARTS) is 1. The third-order valence-electron chi connectivity index (χ3n) is 2.83. The summed E-state index contributed by atoms with van der Waals surface area (Å²) in [6, 6.07) is 12.0. The Labute approximate surface area is 142 Å². The molecule has 0 aliphatic rings. The van der Waals surface area contributed by atoms with Crippen molar-refractivity contribution in [3.05, 3.63) is 53.1 Å². The average Bonchev–Trinajstić information content (AvgIpc) is 2.54. The maximum Gasteiger partial charge on any atom is 0.341 e. The molecule has 0 aromatic heterocycles. The molecule has 0 unspecified atom stereocenters. The Morgan fingerprint density at radius 1 is 1.22 bits per heavy atom. The van der Waals surface area contributed by atoms with E-state index in [1.165, 1.54) is 11.8 Å². The minimum absolute atomic E-state index is 0.158. The maximum absolute atomic E-state index is 11.5. The molecule has 2 N–H and O–H groups in total. The third kappa shape index (κ3) is 4.91. The van der Waals surface area contributed by atoms with Crippen LogP contribution < -0.4 is 10.1 Å². The van der Waals surface area contributed by atoms with Gasteiger partial charge in [-0.15, -0.1) is 0 Å². The van der Waals surface area contributed by atoms with Crippen LogP contribution in [0.5, 0.6) is 5.75 Å². The largest absolute Gasteiger partial charge is 0.481 e. The van der Waals surface area contributed by atoms with Crippen LogP contribution in [0.2, 0.25) is 5.02 Å². The van der Waals surface area contributed by atoms with Crippen LogP contribution in [0.3, 0.4) is 0 Å². The summed E-state index contributed by atoms with van der Waals surface area (Å²) in [5, 5.41) is 11.8. The van der Waals surface area contributed by atoms with Gasteiger partial charge in [0.25, 0.3) is 5.91 Å². The first kappa shape index (κ1) is 17.2. The number of hydrogen-bond donors (Lipinski definition) is 2. The molecule has 2 aromatic carbocycles. The van der Waals surface area contributed by atoms with Gasteiger partial charge in [-0.2, -0.15) is 0 Å². The number of carboxylic acids is 1. The van der Waals surface area contributed by atoms with E-state index in [9.17, 15) is 9.59 Å². The van der Waals surface area contributed by atoms with E-state index in [0.29, 0.717) is 21.2 Å². The van der Waals surface area contributed by atoms with Crippen molar-refractivity contribution < 1.29 is 19.4 Å². The number of carbonyl (C=O) groups excluding carboxylic acids is 1. The van der Waals surface area contributed by atoms with Gasteiger partial charge in [0, 0.05) is 22.5 Å². The Morgan fingerprint density at radius 2 is 1.91 bits per heavy atom. The number of rotatable bonds is 6. The van der Waals surface area contributed by atoms with E-state index in [4.69, 9.17) is 21.4 Å². The number of benzene rings is 2. The lowest BCUT2D eigenvalue weighted by Crippen LogP contribution is -2.17. The molecule has 0 aliphatic heterocycles. The zero-order valence-corrected chi connectivity index (χ0v) is 13.8. The second kappa shape index (κ2) is 7.89. The highest BCUT2D eigenvalue weighted by atomic mass is 35.5. The monoisotopic (exact) mass is 351 g/mol. The van der Waals surface area contributed by atoms with Crippen molar-refractivity contribution in [3.8, 4) is 5.75 Å². The fraction of sp³-hybridized carbons (Fsp3) is 0.125. The first-order valence-electron chi connectivity index (χ1n) is 6.63. The second-order valence-electron chi connectivity index (χ2n) is 4.48. The van der Waals surface area contributed by atoms with Crippen LogP contribution >= 0.6 is 23.4 Å². The molecular weight excluding hydrogens is 338 g/mol. The summed E-state index contributed by atoms with van der Waals surface area (Å²) in [7, 11) is 1.57. The smallest absolute Gasteiger partial charge is 0.341 e. The number of carbonyl (C=O) groups is 2. The Balaban J connectivity index is 2.19. The van der Waals surface area contributed by atoms with Crippen LogP contribution in [0.15, 0.2) is 52.3 Å². The van der Waals surface area contributed by atoms with Crippen molar-refractivity contribution in [2.75, 3.05) is 13.7 Å². The number of amides is 1. The van der Waals surface area contributed by atoms with Crippen molar-refractivity contribution in [1.29, 1.82) is 0 Å². The highest BCUT2D eigenvalue weighted by Gasteiger charge is 2.10. The van der Waals surface area contributed by atoms with Crippen molar-refractivity contribution in [2.45, 2.75) is 9.79 Å². The molecule has 0 saturated heterocycles. The summed E-state index contributed by atoms with van der Waals surface area (Å²) in [5.74, 6) is -0.766. The van der Waals surface area contributed by atoms with Crippen molar-refractivity contribution in [2.24, 2.45) is 0 Å². The minimum atomic E-state index is -1.05. The predicted octanol–water partition coefficient (Wildman–Crippen LogP) is 3.31. The number of halogens is 1. The lowest BCUT2D eigenvalue weighted by atomic mass is 10.2. The van der Waals surface area contributed by atoms with Gasteiger partial charge in [0.05, 0.1) is 4.90 Å². The normalized spacial score (nSPS) is 10.2. The molecule has 0 aliphatic carbocycles. The first-order chi connectivity index (χ1) is 11.0. The zero-order valence-electron chi connectivity index (χ0n) is 12.2. The summed E-state index contributed by atoms with van der Waals surface area (Å²) in [5.41, 5.74) is 0.560. The molecule has 23 heavy (non-hydrogen) atoms.